The highest BCUT2D eigenvalue weighted by Crippen LogP contribution is 2.21. The molecule has 0 saturated heterocycles. The summed E-state index contributed by atoms with van der Waals surface area (Å²) in [5.74, 6) is -1.41. The van der Waals surface area contributed by atoms with Crippen molar-refractivity contribution in [1.82, 2.24) is 10.3 Å². The van der Waals surface area contributed by atoms with Crippen LogP contribution in [0.1, 0.15) is 61.4 Å². The average Bonchev–Trinajstić information content (AvgIpc) is 2.35. The Morgan fingerprint density at radius 1 is 1.40 bits per heavy atom. The first-order valence-corrected chi connectivity index (χ1v) is 6.69. The van der Waals surface area contributed by atoms with E-state index in [2.05, 4.69) is 31.1 Å². The quantitative estimate of drug-likeness (QED) is 0.868. The van der Waals surface area contributed by atoms with Crippen LogP contribution in [0.2, 0.25) is 0 Å². The van der Waals surface area contributed by atoms with Crippen LogP contribution < -0.4 is 5.32 Å². The molecular weight excluding hydrogens is 256 g/mol. The fourth-order valence-corrected chi connectivity index (χ4v) is 1.72. The maximum absolute atomic E-state index is 12.0. The van der Waals surface area contributed by atoms with E-state index < -0.39 is 5.97 Å². The van der Waals surface area contributed by atoms with E-state index in [1.54, 1.807) is 0 Å². The summed E-state index contributed by atoms with van der Waals surface area (Å²) in [5.41, 5.74) is 0.423. The summed E-state index contributed by atoms with van der Waals surface area (Å²) in [6.07, 6.45) is 3.22. The van der Waals surface area contributed by atoms with Crippen molar-refractivity contribution in [2.24, 2.45) is 5.41 Å². The highest BCUT2D eigenvalue weighted by Gasteiger charge is 2.16. The molecule has 110 valence electrons. The van der Waals surface area contributed by atoms with E-state index in [9.17, 15) is 9.59 Å². The SMILES string of the molecule is CC(CCC(C)(C)C)NC(=O)c1ccnc(C(=O)O)c1. The van der Waals surface area contributed by atoms with Crippen LogP contribution in [0, 0.1) is 5.41 Å². The molecule has 0 aliphatic rings. The molecule has 0 spiro atoms. The molecule has 1 unspecified atom stereocenters. The Kier molecular flexibility index (Phi) is 5.25. The normalized spacial score (nSPS) is 12.8. The van der Waals surface area contributed by atoms with Gasteiger partial charge in [-0.2, -0.15) is 0 Å². The monoisotopic (exact) mass is 278 g/mol. The van der Waals surface area contributed by atoms with Gasteiger partial charge in [0.15, 0.2) is 0 Å². The number of nitrogens with one attached hydrogen (secondary N) is 1. The molecule has 5 nitrogen and oxygen atoms in total. The van der Waals surface area contributed by atoms with Gasteiger partial charge < -0.3 is 10.4 Å². The molecule has 0 saturated carbocycles. The molecule has 1 aromatic rings. The van der Waals surface area contributed by atoms with Gasteiger partial charge in [0.25, 0.3) is 5.91 Å². The molecule has 0 fully saturated rings. The van der Waals surface area contributed by atoms with Gasteiger partial charge in [0.1, 0.15) is 5.69 Å². The standard InChI is InChI=1S/C15H22N2O3/c1-10(5-7-15(2,3)4)17-13(18)11-6-8-16-12(9-11)14(19)20/h6,8-10H,5,7H2,1-4H3,(H,17,18)(H,19,20). The van der Waals surface area contributed by atoms with Gasteiger partial charge in [-0.1, -0.05) is 20.8 Å². The van der Waals surface area contributed by atoms with Gasteiger partial charge in [0.2, 0.25) is 0 Å². The zero-order valence-electron chi connectivity index (χ0n) is 12.4. The summed E-state index contributed by atoms with van der Waals surface area (Å²) in [6.45, 7) is 8.42. The van der Waals surface area contributed by atoms with Crippen molar-refractivity contribution >= 4 is 11.9 Å². The Morgan fingerprint density at radius 3 is 2.60 bits per heavy atom. The molecular formula is C15H22N2O3. The van der Waals surface area contributed by atoms with Crippen LogP contribution in [0.15, 0.2) is 18.3 Å². The summed E-state index contributed by atoms with van der Waals surface area (Å²) in [5, 5.41) is 11.7. The molecule has 1 rings (SSSR count). The highest BCUT2D eigenvalue weighted by molar-refractivity contribution is 5.96. The lowest BCUT2D eigenvalue weighted by molar-refractivity contribution is 0.0690. The van der Waals surface area contributed by atoms with E-state index in [0.29, 0.717) is 5.56 Å². The van der Waals surface area contributed by atoms with Crippen LogP contribution in [0.4, 0.5) is 0 Å². The third-order valence-electron chi connectivity index (χ3n) is 2.95. The first-order chi connectivity index (χ1) is 9.19. The summed E-state index contributed by atoms with van der Waals surface area (Å²) in [4.78, 5) is 26.5. The maximum atomic E-state index is 12.0. The zero-order valence-corrected chi connectivity index (χ0v) is 12.4. The van der Waals surface area contributed by atoms with E-state index >= 15 is 0 Å². The zero-order chi connectivity index (χ0) is 15.3. The number of carbonyl (C=O) groups is 2. The smallest absolute Gasteiger partial charge is 0.354 e. The van der Waals surface area contributed by atoms with E-state index in [0.717, 1.165) is 12.8 Å². The predicted octanol–water partition coefficient (Wildman–Crippen LogP) is 2.72. The topological polar surface area (TPSA) is 79.3 Å². The Hall–Kier alpha value is -1.91. The number of aromatic carboxylic acids is 1. The Labute approximate surface area is 119 Å². The number of nitrogens with zero attached hydrogens (tertiary/aromatic N) is 1. The lowest BCUT2D eigenvalue weighted by Crippen LogP contribution is -2.33. The number of carboxylic acid groups (broad SMARTS) is 1. The number of carbonyl (C=O) groups excluding carboxylic acids is 1. The van der Waals surface area contributed by atoms with E-state index in [-0.39, 0.29) is 23.1 Å². The van der Waals surface area contributed by atoms with E-state index in [1.807, 2.05) is 6.92 Å². The number of hydrogen-bond acceptors (Lipinski definition) is 3. The van der Waals surface area contributed by atoms with Crippen LogP contribution in [0.3, 0.4) is 0 Å². The van der Waals surface area contributed by atoms with Crippen molar-refractivity contribution < 1.29 is 14.7 Å². The van der Waals surface area contributed by atoms with Gasteiger partial charge in [-0.25, -0.2) is 9.78 Å². The largest absolute Gasteiger partial charge is 0.477 e. The second-order valence-electron chi connectivity index (χ2n) is 6.21. The molecule has 1 atom stereocenters. The molecule has 0 bridgehead atoms. The van der Waals surface area contributed by atoms with Gasteiger partial charge >= 0.3 is 5.97 Å². The van der Waals surface area contributed by atoms with Gasteiger partial charge in [-0.3, -0.25) is 4.79 Å². The molecule has 0 aromatic carbocycles. The van der Waals surface area contributed by atoms with Crippen molar-refractivity contribution in [2.45, 2.75) is 46.6 Å². The van der Waals surface area contributed by atoms with Crippen molar-refractivity contribution in [1.29, 1.82) is 0 Å². The van der Waals surface area contributed by atoms with Crippen LogP contribution in [-0.4, -0.2) is 28.0 Å². The Balaban J connectivity index is 2.62. The highest BCUT2D eigenvalue weighted by atomic mass is 16.4. The number of rotatable bonds is 5. The van der Waals surface area contributed by atoms with Crippen molar-refractivity contribution in [2.75, 3.05) is 0 Å². The second-order valence-corrected chi connectivity index (χ2v) is 6.21. The third-order valence-corrected chi connectivity index (χ3v) is 2.95. The average molecular weight is 278 g/mol. The van der Waals surface area contributed by atoms with E-state index in [4.69, 9.17) is 5.11 Å². The molecule has 1 aromatic heterocycles. The summed E-state index contributed by atoms with van der Waals surface area (Å²) in [6, 6.07) is 2.84. The van der Waals surface area contributed by atoms with Gasteiger partial charge in [-0.15, -0.1) is 0 Å². The lowest BCUT2D eigenvalue weighted by Gasteiger charge is -2.21. The molecule has 0 aliphatic heterocycles. The number of hydrogen-bond donors (Lipinski definition) is 2. The fourth-order valence-electron chi connectivity index (χ4n) is 1.72. The number of pyridine rings is 1. The fraction of sp³-hybridized carbons (Fsp3) is 0.533. The predicted molar refractivity (Wildman–Crippen MR) is 76.8 cm³/mol. The molecule has 5 heteroatoms. The first-order valence-electron chi connectivity index (χ1n) is 6.69. The minimum Gasteiger partial charge on any atom is -0.477 e. The summed E-state index contributed by atoms with van der Waals surface area (Å²) < 4.78 is 0. The van der Waals surface area contributed by atoms with Crippen LogP contribution in [-0.2, 0) is 0 Å². The van der Waals surface area contributed by atoms with Gasteiger partial charge in [-0.05, 0) is 37.3 Å². The lowest BCUT2D eigenvalue weighted by atomic mass is 9.89. The molecule has 1 heterocycles. The van der Waals surface area contributed by atoms with E-state index in [1.165, 1.54) is 18.3 Å². The van der Waals surface area contributed by atoms with Crippen LogP contribution >= 0.6 is 0 Å². The first kappa shape index (κ1) is 16.1. The van der Waals surface area contributed by atoms with Crippen LogP contribution in [0.5, 0.6) is 0 Å². The third kappa shape index (κ3) is 5.38. The van der Waals surface area contributed by atoms with Crippen molar-refractivity contribution in [3.05, 3.63) is 29.6 Å². The van der Waals surface area contributed by atoms with Crippen LogP contribution in [0.25, 0.3) is 0 Å². The number of carboxylic acids is 1. The molecule has 0 radical (unpaired) electrons. The minimum atomic E-state index is -1.14. The molecule has 2 N–H and O–H groups in total. The summed E-state index contributed by atoms with van der Waals surface area (Å²) >= 11 is 0. The van der Waals surface area contributed by atoms with Crippen molar-refractivity contribution in [3.8, 4) is 0 Å². The number of aromatic nitrogens is 1. The Bertz CT molecular complexity index is 492. The molecule has 1 amide bonds. The molecule has 0 aliphatic carbocycles. The number of amides is 1. The molecule has 20 heavy (non-hydrogen) atoms. The van der Waals surface area contributed by atoms with Gasteiger partial charge in [0, 0.05) is 17.8 Å². The summed E-state index contributed by atoms with van der Waals surface area (Å²) in [7, 11) is 0. The van der Waals surface area contributed by atoms with Gasteiger partial charge in [0.05, 0.1) is 0 Å². The minimum absolute atomic E-state index is 0.0446. The Morgan fingerprint density at radius 2 is 2.05 bits per heavy atom. The second kappa shape index (κ2) is 6.50. The maximum Gasteiger partial charge on any atom is 0.354 e. The van der Waals surface area contributed by atoms with Crippen molar-refractivity contribution in [3.63, 3.8) is 0 Å².